The van der Waals surface area contributed by atoms with Gasteiger partial charge in [0, 0.05) is 43.4 Å². The number of benzene rings is 1. The molecule has 1 unspecified atom stereocenters. The highest BCUT2D eigenvalue weighted by molar-refractivity contribution is 5.57. The lowest BCUT2D eigenvalue weighted by atomic mass is 10.0. The van der Waals surface area contributed by atoms with Crippen LogP contribution in [0.4, 0.5) is 10.1 Å². The average molecular weight is 293 g/mol. The summed E-state index contributed by atoms with van der Waals surface area (Å²) >= 11 is 0. The molecule has 1 fully saturated rings. The molecule has 2 rings (SSSR count). The highest BCUT2D eigenvalue weighted by Crippen LogP contribution is 2.30. The van der Waals surface area contributed by atoms with Gasteiger partial charge in [0.15, 0.2) is 0 Å². The van der Waals surface area contributed by atoms with Gasteiger partial charge in [-0.1, -0.05) is 0 Å². The van der Waals surface area contributed by atoms with Crippen LogP contribution in [0.15, 0.2) is 12.1 Å². The van der Waals surface area contributed by atoms with Crippen molar-refractivity contribution in [2.75, 3.05) is 31.1 Å². The molecular weight excluding hydrogens is 265 g/mol. The van der Waals surface area contributed by atoms with E-state index in [0.29, 0.717) is 5.56 Å². The van der Waals surface area contributed by atoms with Gasteiger partial charge in [-0.25, -0.2) is 4.39 Å². The molecule has 4 heteroatoms. The Morgan fingerprint density at radius 1 is 1.14 bits per heavy atom. The second-order valence-electron chi connectivity index (χ2n) is 7.09. The van der Waals surface area contributed by atoms with Crippen LogP contribution in [0.25, 0.3) is 0 Å². The highest BCUT2D eigenvalue weighted by Gasteiger charge is 2.27. The van der Waals surface area contributed by atoms with Crippen molar-refractivity contribution >= 4 is 5.69 Å². The van der Waals surface area contributed by atoms with E-state index in [-0.39, 0.29) is 17.4 Å². The van der Waals surface area contributed by atoms with Crippen molar-refractivity contribution in [3.63, 3.8) is 0 Å². The van der Waals surface area contributed by atoms with E-state index >= 15 is 0 Å². The molecule has 1 aliphatic rings. The summed E-state index contributed by atoms with van der Waals surface area (Å²) in [5, 5.41) is 0. The molecule has 21 heavy (non-hydrogen) atoms. The zero-order valence-corrected chi connectivity index (χ0v) is 13.9. The standard InChI is InChI=1S/C17H28FN3/c1-12-10-16(14(13(2)19)11-15(12)18)20-6-8-21(9-7-20)17(3,4)5/h10-11,13H,6-9,19H2,1-5H3. The van der Waals surface area contributed by atoms with Crippen LogP contribution in [0, 0.1) is 12.7 Å². The number of nitrogens with two attached hydrogens (primary N) is 1. The van der Waals surface area contributed by atoms with Crippen LogP contribution in [0.5, 0.6) is 0 Å². The van der Waals surface area contributed by atoms with Gasteiger partial charge in [-0.05, 0) is 57.9 Å². The summed E-state index contributed by atoms with van der Waals surface area (Å²) in [6.45, 7) is 14.4. The fourth-order valence-electron chi connectivity index (χ4n) is 2.94. The SMILES string of the molecule is Cc1cc(N2CCN(C(C)(C)C)CC2)c(C(C)N)cc1F. The summed E-state index contributed by atoms with van der Waals surface area (Å²) in [5.41, 5.74) is 8.92. The third kappa shape index (κ3) is 3.55. The van der Waals surface area contributed by atoms with E-state index in [9.17, 15) is 4.39 Å². The van der Waals surface area contributed by atoms with Crippen molar-refractivity contribution in [1.82, 2.24) is 4.90 Å². The summed E-state index contributed by atoms with van der Waals surface area (Å²) in [5.74, 6) is -0.167. The fraction of sp³-hybridized carbons (Fsp3) is 0.647. The van der Waals surface area contributed by atoms with Gasteiger partial charge in [0.05, 0.1) is 0 Å². The van der Waals surface area contributed by atoms with Gasteiger partial charge in [-0.15, -0.1) is 0 Å². The third-order valence-electron chi connectivity index (χ3n) is 4.37. The maximum absolute atomic E-state index is 13.8. The largest absolute Gasteiger partial charge is 0.369 e. The zero-order valence-electron chi connectivity index (χ0n) is 13.9. The lowest BCUT2D eigenvalue weighted by Gasteiger charge is -2.43. The summed E-state index contributed by atoms with van der Waals surface area (Å²) in [4.78, 5) is 4.83. The molecule has 0 radical (unpaired) electrons. The first-order valence-electron chi connectivity index (χ1n) is 7.76. The number of rotatable bonds is 2. The molecule has 3 nitrogen and oxygen atoms in total. The van der Waals surface area contributed by atoms with E-state index < -0.39 is 0 Å². The minimum Gasteiger partial charge on any atom is -0.369 e. The first kappa shape index (κ1) is 16.2. The Morgan fingerprint density at radius 2 is 1.71 bits per heavy atom. The number of piperazine rings is 1. The first-order chi connectivity index (χ1) is 9.70. The van der Waals surface area contributed by atoms with E-state index in [1.165, 1.54) is 0 Å². The first-order valence-corrected chi connectivity index (χ1v) is 7.76. The Morgan fingerprint density at radius 3 is 2.19 bits per heavy atom. The number of nitrogens with zero attached hydrogens (tertiary/aromatic N) is 2. The monoisotopic (exact) mass is 293 g/mol. The Kier molecular flexibility index (Phi) is 4.59. The number of hydrogen-bond acceptors (Lipinski definition) is 3. The van der Waals surface area contributed by atoms with Crippen LogP contribution in [0.1, 0.15) is 44.9 Å². The van der Waals surface area contributed by atoms with Gasteiger partial charge in [0.2, 0.25) is 0 Å². The molecule has 0 amide bonds. The smallest absolute Gasteiger partial charge is 0.126 e. The Labute approximate surface area is 127 Å². The van der Waals surface area contributed by atoms with E-state index in [1.54, 1.807) is 6.07 Å². The van der Waals surface area contributed by atoms with Crippen LogP contribution in [0.2, 0.25) is 0 Å². The third-order valence-corrected chi connectivity index (χ3v) is 4.37. The second kappa shape index (κ2) is 5.93. The maximum atomic E-state index is 13.8. The molecule has 0 aromatic heterocycles. The molecule has 118 valence electrons. The normalized spacial score (nSPS) is 18.9. The fourth-order valence-corrected chi connectivity index (χ4v) is 2.94. The van der Waals surface area contributed by atoms with Gasteiger partial charge >= 0.3 is 0 Å². The van der Waals surface area contributed by atoms with Crippen LogP contribution in [0.3, 0.4) is 0 Å². The van der Waals surface area contributed by atoms with Crippen molar-refractivity contribution in [3.8, 4) is 0 Å². The molecule has 0 bridgehead atoms. The van der Waals surface area contributed by atoms with E-state index in [0.717, 1.165) is 37.4 Å². The van der Waals surface area contributed by atoms with Crippen molar-refractivity contribution < 1.29 is 4.39 Å². The molecule has 0 saturated carbocycles. The molecule has 1 aliphatic heterocycles. The van der Waals surface area contributed by atoms with Crippen molar-refractivity contribution in [1.29, 1.82) is 0 Å². The number of hydrogen-bond donors (Lipinski definition) is 1. The Bertz CT molecular complexity index is 497. The predicted octanol–water partition coefficient (Wildman–Crippen LogP) is 3.07. The lowest BCUT2D eigenvalue weighted by Crippen LogP contribution is -2.53. The van der Waals surface area contributed by atoms with Crippen molar-refractivity contribution in [2.24, 2.45) is 5.73 Å². The molecule has 1 aromatic rings. The maximum Gasteiger partial charge on any atom is 0.126 e. The summed E-state index contributed by atoms with van der Waals surface area (Å²) in [7, 11) is 0. The van der Waals surface area contributed by atoms with E-state index in [1.807, 2.05) is 19.9 Å². The quantitative estimate of drug-likeness (QED) is 0.909. The topological polar surface area (TPSA) is 32.5 Å². The molecule has 1 heterocycles. The van der Waals surface area contributed by atoms with Crippen molar-refractivity contribution in [3.05, 3.63) is 29.1 Å². The molecule has 0 spiro atoms. The zero-order chi connectivity index (χ0) is 15.8. The second-order valence-corrected chi connectivity index (χ2v) is 7.09. The lowest BCUT2D eigenvalue weighted by molar-refractivity contribution is 0.128. The van der Waals surface area contributed by atoms with Gasteiger partial charge in [0.1, 0.15) is 5.82 Å². The summed E-state index contributed by atoms with van der Waals surface area (Å²) in [6.07, 6.45) is 0. The molecular formula is C17H28FN3. The Hall–Kier alpha value is -1.13. The van der Waals surface area contributed by atoms with Crippen LogP contribution in [-0.2, 0) is 0 Å². The van der Waals surface area contributed by atoms with Gasteiger partial charge < -0.3 is 10.6 Å². The number of anilines is 1. The van der Waals surface area contributed by atoms with E-state index in [2.05, 4.69) is 30.6 Å². The number of aryl methyl sites for hydroxylation is 1. The molecule has 0 aliphatic carbocycles. The average Bonchev–Trinajstić information content (AvgIpc) is 2.40. The molecule has 2 N–H and O–H groups in total. The molecule has 1 saturated heterocycles. The van der Waals surface area contributed by atoms with Crippen LogP contribution >= 0.6 is 0 Å². The van der Waals surface area contributed by atoms with E-state index in [4.69, 9.17) is 5.73 Å². The number of halogens is 1. The predicted molar refractivity (Wildman–Crippen MR) is 87.3 cm³/mol. The molecule has 1 aromatic carbocycles. The van der Waals surface area contributed by atoms with Crippen molar-refractivity contribution in [2.45, 2.75) is 46.2 Å². The Balaban J connectivity index is 2.22. The summed E-state index contributed by atoms with van der Waals surface area (Å²) in [6, 6.07) is 3.39. The minimum absolute atomic E-state index is 0.157. The van der Waals surface area contributed by atoms with Crippen LogP contribution < -0.4 is 10.6 Å². The van der Waals surface area contributed by atoms with Gasteiger partial charge in [0.25, 0.3) is 0 Å². The van der Waals surface area contributed by atoms with Gasteiger partial charge in [-0.2, -0.15) is 0 Å². The highest BCUT2D eigenvalue weighted by atomic mass is 19.1. The summed E-state index contributed by atoms with van der Waals surface area (Å²) < 4.78 is 13.8. The minimum atomic E-state index is -0.167. The van der Waals surface area contributed by atoms with Gasteiger partial charge in [-0.3, -0.25) is 4.90 Å². The molecule has 1 atom stereocenters. The van der Waals surface area contributed by atoms with Crippen LogP contribution in [-0.4, -0.2) is 36.6 Å².